The molecule has 0 amide bonds. The normalized spacial score (nSPS) is 11.6. The molecule has 0 bridgehead atoms. The molecule has 0 radical (unpaired) electrons. The summed E-state index contributed by atoms with van der Waals surface area (Å²) in [6, 6.07) is 57.7. The van der Waals surface area contributed by atoms with Crippen molar-refractivity contribution in [1.29, 1.82) is 0 Å². The molecule has 0 unspecified atom stereocenters. The monoisotopic (exact) mass is 677 g/mol. The zero-order valence-electron chi connectivity index (χ0n) is 26.7. The Labute approximate surface area is 296 Å². The van der Waals surface area contributed by atoms with Crippen molar-refractivity contribution in [2.75, 3.05) is 4.90 Å². The van der Waals surface area contributed by atoms with Crippen LogP contribution in [0.1, 0.15) is 0 Å². The van der Waals surface area contributed by atoms with Crippen molar-refractivity contribution in [2.45, 2.75) is 0 Å². The van der Waals surface area contributed by atoms with Gasteiger partial charge in [-0.1, -0.05) is 72.8 Å². The van der Waals surface area contributed by atoms with Gasteiger partial charge in [0, 0.05) is 37.8 Å². The molecule has 0 spiro atoms. The van der Waals surface area contributed by atoms with E-state index in [4.69, 9.17) is 14.4 Å². The molecular formula is C44H27N3OS2. The van der Waals surface area contributed by atoms with E-state index in [1.807, 2.05) is 41.7 Å². The molecule has 4 nitrogen and oxygen atoms in total. The van der Waals surface area contributed by atoms with Gasteiger partial charge in [-0.2, -0.15) is 0 Å². The van der Waals surface area contributed by atoms with E-state index in [9.17, 15) is 0 Å². The largest absolute Gasteiger partial charge is 0.436 e. The molecule has 0 fully saturated rings. The maximum atomic E-state index is 6.13. The van der Waals surface area contributed by atoms with Crippen LogP contribution in [-0.2, 0) is 0 Å². The van der Waals surface area contributed by atoms with Crippen LogP contribution in [0.4, 0.5) is 17.1 Å². The maximum Gasteiger partial charge on any atom is 0.227 e. The minimum absolute atomic E-state index is 0.612. The highest BCUT2D eigenvalue weighted by atomic mass is 32.1. The molecule has 0 saturated carbocycles. The second-order valence-corrected chi connectivity index (χ2v) is 14.3. The fourth-order valence-electron chi connectivity index (χ4n) is 6.73. The Morgan fingerprint density at radius 2 is 1.20 bits per heavy atom. The highest BCUT2D eigenvalue weighted by Gasteiger charge is 2.22. The van der Waals surface area contributed by atoms with Crippen LogP contribution in [-0.4, -0.2) is 9.97 Å². The summed E-state index contributed by atoms with van der Waals surface area (Å²) in [5, 5.41) is 3.44. The molecule has 8 aromatic rings. The SMILES string of the molecule is c1cc2ccc(-c3c(N(c4ccc(-c5nc6ccccc6o5)cc4)c4ccc(-c5nc6ccccc6s5)cc4)ccc4ccccc34)sc-2c1. The topological polar surface area (TPSA) is 42.2 Å². The molecule has 1 aliphatic carbocycles. The van der Waals surface area contributed by atoms with E-state index in [2.05, 4.69) is 138 Å². The average Bonchev–Trinajstić information content (AvgIpc) is 3.94. The minimum Gasteiger partial charge on any atom is -0.436 e. The van der Waals surface area contributed by atoms with Gasteiger partial charge in [-0.15, -0.1) is 22.7 Å². The quantitative estimate of drug-likeness (QED) is 0.176. The Hall–Kier alpha value is -6.08. The Kier molecular flexibility index (Phi) is 6.82. The molecular weight excluding hydrogens is 651 g/mol. The number of hydrogen-bond acceptors (Lipinski definition) is 6. The maximum absolute atomic E-state index is 6.13. The Balaban J connectivity index is 1.15. The van der Waals surface area contributed by atoms with Crippen molar-refractivity contribution in [3.63, 3.8) is 0 Å². The number of anilines is 3. The van der Waals surface area contributed by atoms with E-state index in [1.54, 1.807) is 11.3 Å². The number of oxazole rings is 1. The molecule has 10 rings (SSSR count). The van der Waals surface area contributed by atoms with Crippen LogP contribution < -0.4 is 4.90 Å². The lowest BCUT2D eigenvalue weighted by atomic mass is 9.99. The van der Waals surface area contributed by atoms with Crippen molar-refractivity contribution in [3.05, 3.63) is 164 Å². The first-order valence-corrected chi connectivity index (χ1v) is 18.1. The van der Waals surface area contributed by atoms with Gasteiger partial charge in [0.25, 0.3) is 0 Å². The van der Waals surface area contributed by atoms with Crippen LogP contribution in [0, 0.1) is 0 Å². The fraction of sp³-hybridized carbons (Fsp3) is 0. The molecule has 2 aromatic heterocycles. The summed E-state index contributed by atoms with van der Waals surface area (Å²) in [5.41, 5.74) is 10.4. The summed E-state index contributed by atoms with van der Waals surface area (Å²) in [6.07, 6.45) is 0. The van der Waals surface area contributed by atoms with Gasteiger partial charge in [0.15, 0.2) is 5.58 Å². The summed E-state index contributed by atoms with van der Waals surface area (Å²) in [4.78, 5) is 14.5. The van der Waals surface area contributed by atoms with Gasteiger partial charge < -0.3 is 9.32 Å². The number of rotatable bonds is 6. The van der Waals surface area contributed by atoms with Crippen molar-refractivity contribution in [3.8, 4) is 42.9 Å². The van der Waals surface area contributed by atoms with E-state index in [0.29, 0.717) is 5.89 Å². The molecule has 2 aliphatic rings. The number of thiazole rings is 1. The number of fused-ring (bicyclic) bond motifs is 4. The van der Waals surface area contributed by atoms with Gasteiger partial charge in [-0.25, -0.2) is 9.97 Å². The predicted molar refractivity (Wildman–Crippen MR) is 210 cm³/mol. The summed E-state index contributed by atoms with van der Waals surface area (Å²) in [5.74, 6) is 0.612. The first-order valence-electron chi connectivity index (χ1n) is 16.5. The lowest BCUT2D eigenvalue weighted by molar-refractivity contribution is 0.620. The number of benzene rings is 6. The van der Waals surface area contributed by atoms with Crippen molar-refractivity contribution < 1.29 is 4.42 Å². The van der Waals surface area contributed by atoms with Gasteiger partial charge in [-0.3, -0.25) is 0 Å². The van der Waals surface area contributed by atoms with Gasteiger partial charge in [0.05, 0.1) is 15.9 Å². The van der Waals surface area contributed by atoms with Crippen LogP contribution in [0.5, 0.6) is 0 Å². The van der Waals surface area contributed by atoms with E-state index in [0.717, 1.165) is 49.8 Å². The third-order valence-electron chi connectivity index (χ3n) is 9.17. The molecule has 236 valence electrons. The van der Waals surface area contributed by atoms with Gasteiger partial charge >= 0.3 is 0 Å². The van der Waals surface area contributed by atoms with E-state index in [1.165, 1.54) is 36.4 Å². The number of nitrogens with zero attached hydrogens (tertiary/aromatic N) is 3. The molecule has 6 aromatic carbocycles. The average molecular weight is 678 g/mol. The first kappa shape index (κ1) is 28.9. The Morgan fingerprint density at radius 1 is 0.480 bits per heavy atom. The van der Waals surface area contributed by atoms with Crippen molar-refractivity contribution in [2.24, 2.45) is 0 Å². The van der Waals surface area contributed by atoms with Crippen LogP contribution in [0.2, 0.25) is 0 Å². The molecule has 50 heavy (non-hydrogen) atoms. The summed E-state index contributed by atoms with van der Waals surface area (Å²) in [7, 11) is 0. The first-order chi connectivity index (χ1) is 24.7. The van der Waals surface area contributed by atoms with E-state index >= 15 is 0 Å². The molecule has 3 heterocycles. The second kappa shape index (κ2) is 11.8. The van der Waals surface area contributed by atoms with Crippen LogP contribution in [0.15, 0.2) is 168 Å². The van der Waals surface area contributed by atoms with E-state index in [-0.39, 0.29) is 0 Å². The smallest absolute Gasteiger partial charge is 0.227 e. The molecule has 1 aliphatic heterocycles. The molecule has 0 N–H and O–H groups in total. The van der Waals surface area contributed by atoms with Crippen LogP contribution in [0.25, 0.3) is 75.0 Å². The third-order valence-corrected chi connectivity index (χ3v) is 11.4. The predicted octanol–water partition coefficient (Wildman–Crippen LogP) is 13.2. The molecule has 0 saturated heterocycles. The lowest BCUT2D eigenvalue weighted by Crippen LogP contribution is -2.11. The highest BCUT2D eigenvalue weighted by molar-refractivity contribution is 7.21. The standard InChI is InChI=1S/C44H27N3OS2/c1-2-10-34-28(8-1)20-26-37(42(34)41-27-21-29-9-7-15-39(29)49-41)47(32-22-16-30(17-23-32)43-45-35-11-3-5-13-38(35)48-43)33-24-18-31(19-25-33)44-46-36-12-4-6-14-40(36)50-44/h1-27H. The highest BCUT2D eigenvalue weighted by Crippen LogP contribution is 2.47. The summed E-state index contributed by atoms with van der Waals surface area (Å²) < 4.78 is 7.32. The van der Waals surface area contributed by atoms with Gasteiger partial charge in [0.2, 0.25) is 5.89 Å². The third kappa shape index (κ3) is 4.96. The van der Waals surface area contributed by atoms with Crippen LogP contribution in [0.3, 0.4) is 0 Å². The molecule has 0 atom stereocenters. The van der Waals surface area contributed by atoms with Gasteiger partial charge in [-0.05, 0) is 107 Å². The van der Waals surface area contributed by atoms with Gasteiger partial charge in [0.1, 0.15) is 10.5 Å². The lowest BCUT2D eigenvalue weighted by Gasteiger charge is -2.29. The summed E-state index contributed by atoms with van der Waals surface area (Å²) in [6.45, 7) is 0. The fourth-order valence-corrected chi connectivity index (χ4v) is 8.79. The van der Waals surface area contributed by atoms with Crippen LogP contribution >= 0.6 is 22.7 Å². The van der Waals surface area contributed by atoms with Crippen molar-refractivity contribution >= 4 is 71.8 Å². The zero-order valence-corrected chi connectivity index (χ0v) is 28.3. The van der Waals surface area contributed by atoms with Crippen molar-refractivity contribution in [1.82, 2.24) is 9.97 Å². The Bertz CT molecular complexity index is 2590. The Morgan fingerprint density at radius 3 is 2.02 bits per heavy atom. The number of hydrogen-bond donors (Lipinski definition) is 0. The van der Waals surface area contributed by atoms with E-state index < -0.39 is 0 Å². The number of aromatic nitrogens is 2. The second-order valence-electron chi connectivity index (χ2n) is 12.2. The number of para-hydroxylation sites is 3. The summed E-state index contributed by atoms with van der Waals surface area (Å²) >= 11 is 3.56. The minimum atomic E-state index is 0.612. The zero-order chi connectivity index (χ0) is 33.0. The molecule has 6 heteroatoms.